The lowest BCUT2D eigenvalue weighted by molar-refractivity contribution is -0.129. The van der Waals surface area contributed by atoms with Crippen molar-refractivity contribution >= 4 is 11.8 Å². The third-order valence-electron chi connectivity index (χ3n) is 3.56. The number of hydrogen-bond donors (Lipinski definition) is 1. The van der Waals surface area contributed by atoms with E-state index in [1.54, 1.807) is 6.07 Å². The van der Waals surface area contributed by atoms with Crippen LogP contribution in [-0.2, 0) is 10.2 Å². The molecule has 1 heterocycles. The lowest BCUT2D eigenvalue weighted by Crippen LogP contribution is -2.55. The molecular weight excluding hydrogens is 190 g/mol. The largest absolute Gasteiger partial charge is 0.292 e. The quantitative estimate of drug-likeness (QED) is 0.644. The van der Waals surface area contributed by atoms with Gasteiger partial charge in [0.15, 0.2) is 0 Å². The van der Waals surface area contributed by atoms with Gasteiger partial charge in [0.1, 0.15) is 0 Å². The van der Waals surface area contributed by atoms with Crippen molar-refractivity contribution in [2.45, 2.75) is 24.7 Å². The molecular formula is C12H11NO2. The second kappa shape index (κ2) is 2.69. The molecule has 0 unspecified atom stereocenters. The van der Waals surface area contributed by atoms with Crippen LogP contribution in [0.1, 0.15) is 35.2 Å². The minimum Gasteiger partial charge on any atom is -0.292 e. The van der Waals surface area contributed by atoms with Crippen LogP contribution < -0.4 is 5.32 Å². The van der Waals surface area contributed by atoms with Crippen LogP contribution in [0.3, 0.4) is 0 Å². The minimum absolute atomic E-state index is 0.113. The Morgan fingerprint density at radius 3 is 2.53 bits per heavy atom. The fourth-order valence-corrected chi connectivity index (χ4v) is 2.54. The van der Waals surface area contributed by atoms with Crippen LogP contribution >= 0.6 is 0 Å². The fourth-order valence-electron chi connectivity index (χ4n) is 2.54. The molecule has 2 amide bonds. The molecule has 3 heteroatoms. The summed E-state index contributed by atoms with van der Waals surface area (Å²) in [5.41, 5.74) is 1.19. The van der Waals surface area contributed by atoms with Crippen LogP contribution in [0.5, 0.6) is 0 Å². The zero-order valence-corrected chi connectivity index (χ0v) is 8.25. The number of benzene rings is 1. The summed E-state index contributed by atoms with van der Waals surface area (Å²) in [5.74, 6) is -0.370. The second-order valence-corrected chi connectivity index (χ2v) is 4.26. The fraction of sp³-hybridized carbons (Fsp3) is 0.333. The number of imide groups is 1. The van der Waals surface area contributed by atoms with Gasteiger partial charge in [-0.05, 0) is 24.5 Å². The molecule has 1 aromatic carbocycles. The third kappa shape index (κ3) is 0.950. The van der Waals surface area contributed by atoms with E-state index in [2.05, 4.69) is 5.32 Å². The summed E-state index contributed by atoms with van der Waals surface area (Å²) in [5, 5.41) is 2.45. The lowest BCUT2D eigenvalue weighted by Gasteiger charge is -2.43. The number of fused-ring (bicyclic) bond motifs is 2. The highest BCUT2D eigenvalue weighted by Crippen LogP contribution is 2.46. The summed E-state index contributed by atoms with van der Waals surface area (Å²) in [7, 11) is 0. The SMILES string of the molecule is O=C1NC(=O)C2(CCC2)c2ccccc21. The second-order valence-electron chi connectivity index (χ2n) is 4.26. The van der Waals surface area contributed by atoms with Crippen LogP contribution in [0, 0.1) is 0 Å². The number of hydrogen-bond acceptors (Lipinski definition) is 2. The van der Waals surface area contributed by atoms with Gasteiger partial charge in [0.2, 0.25) is 5.91 Å². The van der Waals surface area contributed by atoms with Crippen molar-refractivity contribution < 1.29 is 9.59 Å². The number of rotatable bonds is 0. The van der Waals surface area contributed by atoms with Gasteiger partial charge >= 0.3 is 0 Å². The van der Waals surface area contributed by atoms with E-state index in [0.717, 1.165) is 24.8 Å². The van der Waals surface area contributed by atoms with Crippen molar-refractivity contribution in [2.24, 2.45) is 0 Å². The topological polar surface area (TPSA) is 46.2 Å². The van der Waals surface area contributed by atoms with Gasteiger partial charge in [-0.25, -0.2) is 0 Å². The van der Waals surface area contributed by atoms with Crippen molar-refractivity contribution in [1.29, 1.82) is 0 Å². The van der Waals surface area contributed by atoms with Gasteiger partial charge in [0.05, 0.1) is 5.41 Å². The Bertz CT molecular complexity index is 460. The molecule has 1 aliphatic carbocycles. The molecule has 0 bridgehead atoms. The minimum atomic E-state index is -0.398. The third-order valence-corrected chi connectivity index (χ3v) is 3.56. The first-order valence-electron chi connectivity index (χ1n) is 5.19. The van der Waals surface area contributed by atoms with Gasteiger partial charge in [-0.1, -0.05) is 24.6 Å². The summed E-state index contributed by atoms with van der Waals surface area (Å²) >= 11 is 0. The number of carbonyl (C=O) groups is 2. The molecule has 1 spiro atoms. The van der Waals surface area contributed by atoms with Gasteiger partial charge < -0.3 is 0 Å². The number of carbonyl (C=O) groups excluding carboxylic acids is 2. The lowest BCUT2D eigenvalue weighted by atomic mass is 9.61. The molecule has 0 aromatic heterocycles. The van der Waals surface area contributed by atoms with E-state index in [4.69, 9.17) is 0 Å². The molecule has 76 valence electrons. The summed E-state index contributed by atoms with van der Waals surface area (Å²) < 4.78 is 0. The Hall–Kier alpha value is -1.64. The zero-order chi connectivity index (χ0) is 10.5. The Morgan fingerprint density at radius 1 is 1.13 bits per heavy atom. The van der Waals surface area contributed by atoms with Crippen LogP contribution in [0.25, 0.3) is 0 Å². The van der Waals surface area contributed by atoms with Crippen LogP contribution in [0.4, 0.5) is 0 Å². The van der Waals surface area contributed by atoms with E-state index in [9.17, 15) is 9.59 Å². The first kappa shape index (κ1) is 8.65. The summed E-state index contributed by atoms with van der Waals surface area (Å²) in [6.45, 7) is 0. The molecule has 0 atom stereocenters. The summed E-state index contributed by atoms with van der Waals surface area (Å²) in [4.78, 5) is 23.4. The van der Waals surface area contributed by atoms with Crippen molar-refractivity contribution in [3.05, 3.63) is 35.4 Å². The van der Waals surface area contributed by atoms with E-state index >= 15 is 0 Å². The molecule has 1 aliphatic heterocycles. The van der Waals surface area contributed by atoms with Gasteiger partial charge in [-0.2, -0.15) is 0 Å². The Kier molecular flexibility index (Phi) is 1.55. The van der Waals surface area contributed by atoms with Gasteiger partial charge in [-0.15, -0.1) is 0 Å². The first-order chi connectivity index (χ1) is 7.24. The van der Waals surface area contributed by atoms with Crippen molar-refractivity contribution in [3.8, 4) is 0 Å². The maximum absolute atomic E-state index is 11.8. The van der Waals surface area contributed by atoms with Crippen molar-refractivity contribution in [3.63, 3.8) is 0 Å². The molecule has 2 aliphatic rings. The maximum Gasteiger partial charge on any atom is 0.258 e. The van der Waals surface area contributed by atoms with Crippen molar-refractivity contribution in [1.82, 2.24) is 5.32 Å². The molecule has 0 radical (unpaired) electrons. The highest BCUT2D eigenvalue weighted by Gasteiger charge is 2.50. The van der Waals surface area contributed by atoms with Gasteiger partial charge in [0, 0.05) is 5.56 Å². The number of amides is 2. The normalized spacial score (nSPS) is 21.9. The van der Waals surface area contributed by atoms with Crippen LogP contribution in [-0.4, -0.2) is 11.8 Å². The van der Waals surface area contributed by atoms with Crippen molar-refractivity contribution in [2.75, 3.05) is 0 Å². The molecule has 1 saturated carbocycles. The van der Waals surface area contributed by atoms with E-state index in [1.165, 1.54) is 0 Å². The van der Waals surface area contributed by atoms with E-state index in [-0.39, 0.29) is 11.8 Å². The smallest absolute Gasteiger partial charge is 0.258 e. The average molecular weight is 201 g/mol. The van der Waals surface area contributed by atoms with E-state index in [0.29, 0.717) is 5.56 Å². The monoisotopic (exact) mass is 201 g/mol. The highest BCUT2D eigenvalue weighted by atomic mass is 16.2. The molecule has 1 fully saturated rings. The van der Waals surface area contributed by atoms with Gasteiger partial charge in [-0.3, -0.25) is 14.9 Å². The van der Waals surface area contributed by atoms with E-state index in [1.807, 2.05) is 18.2 Å². The average Bonchev–Trinajstić information content (AvgIpc) is 2.16. The predicted molar refractivity (Wildman–Crippen MR) is 54.4 cm³/mol. The standard InChI is InChI=1S/C12H11NO2/c14-10-8-4-1-2-5-9(8)12(6-3-7-12)11(15)13-10/h1-2,4-5H,3,6-7H2,(H,13,14,15). The Labute approximate surface area is 87.5 Å². The Morgan fingerprint density at radius 2 is 1.87 bits per heavy atom. The molecule has 1 N–H and O–H groups in total. The Balaban J connectivity index is 2.23. The molecule has 1 aromatic rings. The molecule has 3 rings (SSSR count). The maximum atomic E-state index is 11.8. The zero-order valence-electron chi connectivity index (χ0n) is 8.25. The van der Waals surface area contributed by atoms with E-state index < -0.39 is 5.41 Å². The van der Waals surface area contributed by atoms with Crippen LogP contribution in [0.2, 0.25) is 0 Å². The molecule has 0 saturated heterocycles. The van der Waals surface area contributed by atoms with Crippen LogP contribution in [0.15, 0.2) is 24.3 Å². The molecule has 15 heavy (non-hydrogen) atoms. The highest BCUT2D eigenvalue weighted by molar-refractivity contribution is 6.13. The predicted octanol–water partition coefficient (Wildman–Crippen LogP) is 1.38. The summed E-state index contributed by atoms with van der Waals surface area (Å²) in [6, 6.07) is 7.42. The van der Waals surface area contributed by atoms with Gasteiger partial charge in [0.25, 0.3) is 5.91 Å². The summed E-state index contributed by atoms with van der Waals surface area (Å²) in [6.07, 6.45) is 2.79. The molecule has 3 nitrogen and oxygen atoms in total. The number of nitrogens with one attached hydrogen (secondary N) is 1. The first-order valence-corrected chi connectivity index (χ1v) is 5.19.